The molecule has 2 aliphatic rings. The van der Waals surface area contributed by atoms with Gasteiger partial charge in [0.2, 0.25) is 0 Å². The maximum absolute atomic E-state index is 13.2. The van der Waals surface area contributed by atoms with Crippen molar-refractivity contribution in [3.8, 4) is 0 Å². The molecule has 2 rings (SSSR count). The van der Waals surface area contributed by atoms with E-state index in [0.717, 1.165) is 25.0 Å². The average Bonchev–Trinajstić information content (AvgIpc) is 3.41. The fraction of sp³-hybridized carbons (Fsp3) is 0.920. The van der Waals surface area contributed by atoms with Gasteiger partial charge >= 0.3 is 219 Å². The van der Waals surface area contributed by atoms with E-state index in [4.69, 9.17) is 16.5 Å². The quantitative estimate of drug-likeness (QED) is 0.0833. The molecule has 0 aromatic carbocycles. The molecule has 0 aromatic heterocycles. The molecule has 224 valence electrons. The number of carbonyl (C=O) groups is 2. The molecular weight excluding hydrogens is 736 g/mol. The fourth-order valence-electron chi connectivity index (χ4n) is 4.39. The minimum absolute atomic E-state index is 0.0237. The van der Waals surface area contributed by atoms with Crippen molar-refractivity contribution in [3.05, 3.63) is 0 Å². The van der Waals surface area contributed by atoms with Gasteiger partial charge in [-0.05, 0) is 20.3 Å². The van der Waals surface area contributed by atoms with E-state index in [1.807, 2.05) is 25.6 Å². The molecule has 2 heterocycles. The number of nitrogens with one attached hydrogen (secondary N) is 4. The van der Waals surface area contributed by atoms with Crippen LogP contribution in [-0.4, -0.2) is 105 Å². The van der Waals surface area contributed by atoms with Crippen LogP contribution in [-0.2, 0) is 25.8 Å². The molecule has 2 saturated heterocycles. The van der Waals surface area contributed by atoms with Gasteiger partial charge in [0.1, 0.15) is 0 Å². The van der Waals surface area contributed by atoms with E-state index in [2.05, 4.69) is 41.8 Å². The van der Waals surface area contributed by atoms with E-state index in [-0.39, 0.29) is 42.3 Å². The van der Waals surface area contributed by atoms with Crippen LogP contribution in [0, 0.1) is 0 Å². The van der Waals surface area contributed by atoms with Gasteiger partial charge in [-0.15, -0.1) is 0 Å². The van der Waals surface area contributed by atoms with Crippen LogP contribution in [0.25, 0.3) is 0 Å². The number of hydrogen-bond acceptors (Lipinski definition) is 8. The topological polar surface area (TPSA) is 136 Å². The van der Waals surface area contributed by atoms with Crippen molar-refractivity contribution in [1.82, 2.24) is 21.0 Å². The molecule has 2 aliphatic heterocycles. The minimum atomic E-state index is -3.50. The van der Waals surface area contributed by atoms with E-state index in [9.17, 15) is 14.2 Å². The molecule has 14 heteroatoms. The Balaban J connectivity index is 1.62. The first-order valence-electron chi connectivity index (χ1n) is 13.9. The SMILES string of the molecule is CCC(C)(C)OCCC(C)(C)NP(=O)(OC)OCCC(CCNC(=O)CCCC1SCC2NC(=O)NC21)[O][Tl]. The first-order chi connectivity index (χ1) is 18.3. The molecule has 0 spiro atoms. The molecule has 0 saturated carbocycles. The number of rotatable bonds is 20. The van der Waals surface area contributed by atoms with Crippen molar-refractivity contribution < 1.29 is 30.6 Å². The number of urea groups is 1. The Morgan fingerprint density at radius 2 is 1.97 bits per heavy atom. The first kappa shape index (κ1) is 35.2. The summed E-state index contributed by atoms with van der Waals surface area (Å²) in [5, 5.41) is 12.3. The summed E-state index contributed by atoms with van der Waals surface area (Å²) >= 11 is 2.20. The second-order valence-corrected chi connectivity index (χ2v) is 15.6. The number of ether oxygens (including phenoxy) is 1. The van der Waals surface area contributed by atoms with Crippen molar-refractivity contribution in [2.24, 2.45) is 0 Å². The van der Waals surface area contributed by atoms with Crippen LogP contribution in [0.3, 0.4) is 0 Å². The average molecular weight is 784 g/mol. The van der Waals surface area contributed by atoms with Crippen LogP contribution in [0.2, 0.25) is 0 Å². The fourth-order valence-corrected chi connectivity index (χ4v) is 8.46. The standard InChI is InChI=1S/C25H48N4O7PS.Tl/c1-7-25(4,5)35-16-13-24(2,3)29-37(33,34-6)36-15-12-18(30)11-14-26-21(31)10-8-9-20-22-19(17-38-20)27-23(32)28-22;/h18-20,22H,7-17H2,1-6H3,(H,26,31)(H,29,33)(H2,27,28,32);/q-1;+1. The summed E-state index contributed by atoms with van der Waals surface area (Å²) in [4.78, 5) is 23.8. The molecule has 4 N–H and O–H groups in total. The summed E-state index contributed by atoms with van der Waals surface area (Å²) in [5.41, 5.74) is -0.697. The van der Waals surface area contributed by atoms with Crippen LogP contribution in [0.5, 0.6) is 0 Å². The number of amides is 3. The first-order valence-corrected chi connectivity index (χ1v) is 18.3. The van der Waals surface area contributed by atoms with Crippen molar-refractivity contribution in [2.45, 2.75) is 114 Å². The number of carbonyl (C=O) groups excluding carboxylic acids is 2. The number of fused-ring (bicyclic) bond motifs is 1. The second kappa shape index (κ2) is 16.6. The van der Waals surface area contributed by atoms with Gasteiger partial charge in [-0.25, -0.2) is 4.79 Å². The van der Waals surface area contributed by atoms with E-state index < -0.39 is 13.3 Å². The Bertz CT molecular complexity index is 838. The zero-order chi connectivity index (χ0) is 29.1. The van der Waals surface area contributed by atoms with Crippen LogP contribution in [0.1, 0.15) is 79.6 Å². The summed E-state index contributed by atoms with van der Waals surface area (Å²) in [6.45, 7) is 11.4. The normalized spacial score (nSPS) is 23.5. The summed E-state index contributed by atoms with van der Waals surface area (Å²) in [5.74, 6) is 0.947. The third kappa shape index (κ3) is 12.8. The summed E-state index contributed by atoms with van der Waals surface area (Å²) < 4.78 is 35.7. The third-order valence-corrected chi connectivity index (χ3v) is 12.2. The van der Waals surface area contributed by atoms with Gasteiger partial charge in [0.15, 0.2) is 0 Å². The monoisotopic (exact) mass is 784 g/mol. The molecule has 5 unspecified atom stereocenters. The number of thioether (sulfide) groups is 1. The Kier molecular flexibility index (Phi) is 15.0. The molecule has 0 aliphatic carbocycles. The van der Waals surface area contributed by atoms with Gasteiger partial charge in [0, 0.05) is 0 Å². The second-order valence-electron chi connectivity index (χ2n) is 11.4. The van der Waals surface area contributed by atoms with Gasteiger partial charge in [0.05, 0.1) is 0 Å². The summed E-state index contributed by atoms with van der Waals surface area (Å²) in [7, 11) is -2.12. The van der Waals surface area contributed by atoms with Crippen molar-refractivity contribution in [1.29, 1.82) is 0 Å². The molecule has 11 nitrogen and oxygen atoms in total. The van der Waals surface area contributed by atoms with Gasteiger partial charge in [0.25, 0.3) is 0 Å². The zero-order valence-electron chi connectivity index (χ0n) is 24.4. The van der Waals surface area contributed by atoms with E-state index in [1.54, 1.807) is 0 Å². The molecule has 0 bridgehead atoms. The summed E-state index contributed by atoms with van der Waals surface area (Å²) in [6, 6.07) is 0.289. The van der Waals surface area contributed by atoms with Gasteiger partial charge in [-0.1, -0.05) is 6.92 Å². The van der Waals surface area contributed by atoms with Crippen molar-refractivity contribution >= 4 is 57.7 Å². The molecule has 0 radical (unpaired) electrons. The maximum atomic E-state index is 13.2. The van der Waals surface area contributed by atoms with Gasteiger partial charge in [-0.2, -0.15) is 0 Å². The van der Waals surface area contributed by atoms with E-state index in [0.29, 0.717) is 70.3 Å². The molecule has 5 atom stereocenters. The van der Waals surface area contributed by atoms with Crippen LogP contribution in [0.4, 0.5) is 4.79 Å². The molecular formula is C25H48N4O7PSTl. The molecule has 2 fully saturated rings. The molecule has 0 aromatic rings. The predicted molar refractivity (Wildman–Crippen MR) is 155 cm³/mol. The summed E-state index contributed by atoms with van der Waals surface area (Å²) in [6.07, 6.45) is 4.85. The Morgan fingerprint density at radius 1 is 1.23 bits per heavy atom. The predicted octanol–water partition coefficient (Wildman–Crippen LogP) is 3.42. The van der Waals surface area contributed by atoms with Crippen LogP contribution < -0.4 is 21.0 Å². The van der Waals surface area contributed by atoms with Gasteiger partial charge < -0.3 is 5.32 Å². The van der Waals surface area contributed by atoms with Crippen LogP contribution >= 0.6 is 19.5 Å². The molecule has 39 heavy (non-hydrogen) atoms. The molecule has 3 amide bonds. The zero-order valence-corrected chi connectivity index (χ0v) is 30.6. The Morgan fingerprint density at radius 3 is 2.64 bits per heavy atom. The van der Waals surface area contributed by atoms with Gasteiger partial charge in [-0.3, -0.25) is 0 Å². The number of hydrogen-bond donors (Lipinski definition) is 4. The van der Waals surface area contributed by atoms with Crippen LogP contribution in [0.15, 0.2) is 0 Å². The van der Waals surface area contributed by atoms with E-state index in [1.165, 1.54) is 7.11 Å². The van der Waals surface area contributed by atoms with E-state index >= 15 is 0 Å². The Hall–Kier alpha value is 0.0421. The Labute approximate surface area is 255 Å². The van der Waals surface area contributed by atoms with Crippen molar-refractivity contribution in [3.63, 3.8) is 0 Å². The van der Waals surface area contributed by atoms with Crippen molar-refractivity contribution in [2.75, 3.05) is 32.6 Å². The third-order valence-electron chi connectivity index (χ3n) is 7.26.